The van der Waals surface area contributed by atoms with Crippen molar-refractivity contribution in [3.63, 3.8) is 0 Å². The molecule has 156 valence electrons. The van der Waals surface area contributed by atoms with Crippen LogP contribution in [0.5, 0.6) is 0 Å². The highest BCUT2D eigenvalue weighted by Gasteiger charge is 2.16. The Morgan fingerprint density at radius 2 is 1.63 bits per heavy atom. The number of hydrogen-bond acceptors (Lipinski definition) is 3. The fraction of sp³-hybridized carbons (Fsp3) is 0.136. The van der Waals surface area contributed by atoms with Crippen LogP contribution in [0, 0.1) is 13.8 Å². The molecule has 0 atom stereocenters. The van der Waals surface area contributed by atoms with Gasteiger partial charge >= 0.3 is 0 Å². The van der Waals surface area contributed by atoms with Crippen molar-refractivity contribution in [2.75, 3.05) is 4.72 Å². The summed E-state index contributed by atoms with van der Waals surface area (Å²) in [6.07, 6.45) is 0. The van der Waals surface area contributed by atoms with Gasteiger partial charge in [-0.3, -0.25) is 9.52 Å². The minimum absolute atomic E-state index is 0.175. The van der Waals surface area contributed by atoms with Gasteiger partial charge in [0, 0.05) is 22.2 Å². The standard InChI is InChI=1S/C22H20Cl2N2O3S/c1-14-3-8-19(9-4-14)30(28,29)26-21-10-6-16(11-15(21)2)22(27)25-13-17-5-7-18(23)12-20(17)24/h3-12,26H,13H2,1-2H3,(H,25,27). The fourth-order valence-corrected chi connectivity index (χ4v) is 4.39. The van der Waals surface area contributed by atoms with Crippen LogP contribution in [0.2, 0.25) is 10.0 Å². The quantitative estimate of drug-likeness (QED) is 0.518. The Bertz CT molecular complexity index is 1190. The molecular formula is C22H20Cl2N2O3S. The summed E-state index contributed by atoms with van der Waals surface area (Å²) < 4.78 is 27.7. The Morgan fingerprint density at radius 1 is 0.933 bits per heavy atom. The number of sulfonamides is 1. The number of anilines is 1. The Kier molecular flexibility index (Phi) is 6.71. The van der Waals surface area contributed by atoms with Crippen LogP contribution in [0.1, 0.15) is 27.0 Å². The molecule has 1 amide bonds. The number of aryl methyl sites for hydroxylation is 2. The zero-order valence-corrected chi connectivity index (χ0v) is 18.7. The molecule has 30 heavy (non-hydrogen) atoms. The third kappa shape index (κ3) is 5.33. The van der Waals surface area contributed by atoms with Crippen molar-refractivity contribution in [1.82, 2.24) is 5.32 Å². The molecule has 0 heterocycles. The summed E-state index contributed by atoms with van der Waals surface area (Å²) in [5, 5.41) is 3.79. The van der Waals surface area contributed by atoms with E-state index in [0.29, 0.717) is 26.9 Å². The molecule has 3 rings (SSSR count). The second-order valence-corrected chi connectivity index (χ2v) is 9.39. The van der Waals surface area contributed by atoms with Gasteiger partial charge in [0.25, 0.3) is 15.9 Å². The minimum Gasteiger partial charge on any atom is -0.348 e. The van der Waals surface area contributed by atoms with Crippen LogP contribution in [0.4, 0.5) is 5.69 Å². The molecule has 0 saturated heterocycles. The van der Waals surface area contributed by atoms with E-state index >= 15 is 0 Å². The van der Waals surface area contributed by atoms with Gasteiger partial charge in [-0.25, -0.2) is 8.42 Å². The van der Waals surface area contributed by atoms with E-state index < -0.39 is 10.0 Å². The normalized spacial score (nSPS) is 11.2. The molecule has 3 aromatic rings. The summed E-state index contributed by atoms with van der Waals surface area (Å²) in [4.78, 5) is 12.7. The molecule has 3 aromatic carbocycles. The van der Waals surface area contributed by atoms with E-state index in [1.807, 2.05) is 6.92 Å². The van der Waals surface area contributed by atoms with Crippen molar-refractivity contribution in [1.29, 1.82) is 0 Å². The molecule has 0 aliphatic rings. The fourth-order valence-electron chi connectivity index (χ4n) is 2.78. The molecule has 2 N–H and O–H groups in total. The van der Waals surface area contributed by atoms with E-state index in [9.17, 15) is 13.2 Å². The van der Waals surface area contributed by atoms with Crippen molar-refractivity contribution >= 4 is 44.8 Å². The van der Waals surface area contributed by atoms with E-state index in [4.69, 9.17) is 23.2 Å². The first kappa shape index (κ1) is 22.2. The van der Waals surface area contributed by atoms with Crippen LogP contribution >= 0.6 is 23.2 Å². The summed E-state index contributed by atoms with van der Waals surface area (Å²) in [6, 6.07) is 16.4. The average molecular weight is 463 g/mol. The van der Waals surface area contributed by atoms with Crippen LogP contribution in [-0.2, 0) is 16.6 Å². The molecule has 0 radical (unpaired) electrons. The third-order valence-electron chi connectivity index (χ3n) is 4.52. The summed E-state index contributed by atoms with van der Waals surface area (Å²) >= 11 is 12.0. The first-order chi connectivity index (χ1) is 14.2. The zero-order valence-electron chi connectivity index (χ0n) is 16.4. The van der Waals surface area contributed by atoms with Crippen molar-refractivity contribution in [2.45, 2.75) is 25.3 Å². The maximum atomic E-state index is 12.6. The van der Waals surface area contributed by atoms with Gasteiger partial charge in [0.15, 0.2) is 0 Å². The Hall–Kier alpha value is -2.54. The number of carbonyl (C=O) groups excluding carboxylic acids is 1. The highest BCUT2D eigenvalue weighted by atomic mass is 35.5. The number of amides is 1. The van der Waals surface area contributed by atoms with Gasteiger partial charge in [-0.2, -0.15) is 0 Å². The Morgan fingerprint density at radius 3 is 2.27 bits per heavy atom. The first-order valence-corrected chi connectivity index (χ1v) is 11.3. The van der Waals surface area contributed by atoms with Gasteiger partial charge in [0.1, 0.15) is 0 Å². The molecule has 0 bridgehead atoms. The lowest BCUT2D eigenvalue weighted by Crippen LogP contribution is -2.23. The summed E-state index contributed by atoms with van der Waals surface area (Å²) in [7, 11) is -3.72. The van der Waals surface area contributed by atoms with Gasteiger partial charge in [-0.05, 0) is 67.4 Å². The van der Waals surface area contributed by atoms with Gasteiger partial charge in [-0.15, -0.1) is 0 Å². The van der Waals surface area contributed by atoms with E-state index in [-0.39, 0.29) is 17.3 Å². The van der Waals surface area contributed by atoms with Crippen LogP contribution in [0.3, 0.4) is 0 Å². The first-order valence-electron chi connectivity index (χ1n) is 9.08. The number of nitrogens with one attached hydrogen (secondary N) is 2. The van der Waals surface area contributed by atoms with E-state index in [1.165, 1.54) is 0 Å². The number of rotatable bonds is 6. The van der Waals surface area contributed by atoms with Gasteiger partial charge < -0.3 is 5.32 Å². The van der Waals surface area contributed by atoms with Gasteiger partial charge in [-0.1, -0.05) is 47.0 Å². The van der Waals surface area contributed by atoms with Crippen molar-refractivity contribution in [3.05, 3.63) is 93.0 Å². The monoisotopic (exact) mass is 462 g/mol. The second kappa shape index (κ2) is 9.08. The Balaban J connectivity index is 1.71. The molecule has 8 heteroatoms. The number of halogens is 2. The van der Waals surface area contributed by atoms with E-state index in [0.717, 1.165) is 11.1 Å². The molecule has 0 aromatic heterocycles. The molecule has 0 fully saturated rings. The highest BCUT2D eigenvalue weighted by Crippen LogP contribution is 2.23. The van der Waals surface area contributed by atoms with E-state index in [1.54, 1.807) is 67.6 Å². The molecule has 5 nitrogen and oxygen atoms in total. The van der Waals surface area contributed by atoms with Crippen LogP contribution in [-0.4, -0.2) is 14.3 Å². The maximum Gasteiger partial charge on any atom is 0.261 e. The summed E-state index contributed by atoms with van der Waals surface area (Å²) in [5.74, 6) is -0.294. The average Bonchev–Trinajstić information content (AvgIpc) is 2.69. The highest BCUT2D eigenvalue weighted by molar-refractivity contribution is 7.92. The van der Waals surface area contributed by atoms with Crippen LogP contribution in [0.15, 0.2) is 65.6 Å². The lowest BCUT2D eigenvalue weighted by molar-refractivity contribution is 0.0951. The number of benzene rings is 3. The lowest BCUT2D eigenvalue weighted by atomic mass is 10.1. The van der Waals surface area contributed by atoms with Crippen LogP contribution in [0.25, 0.3) is 0 Å². The molecule has 0 aliphatic heterocycles. The molecule has 0 unspecified atom stereocenters. The largest absolute Gasteiger partial charge is 0.348 e. The van der Waals surface area contributed by atoms with Crippen molar-refractivity contribution < 1.29 is 13.2 Å². The number of hydrogen-bond donors (Lipinski definition) is 2. The molecular weight excluding hydrogens is 443 g/mol. The van der Waals surface area contributed by atoms with Crippen LogP contribution < -0.4 is 10.0 Å². The molecule has 0 aliphatic carbocycles. The number of carbonyl (C=O) groups is 1. The maximum absolute atomic E-state index is 12.6. The lowest BCUT2D eigenvalue weighted by Gasteiger charge is -2.13. The second-order valence-electron chi connectivity index (χ2n) is 6.87. The predicted octanol–water partition coefficient (Wildman–Crippen LogP) is 5.34. The topological polar surface area (TPSA) is 75.3 Å². The zero-order chi connectivity index (χ0) is 21.9. The van der Waals surface area contributed by atoms with E-state index in [2.05, 4.69) is 10.0 Å². The predicted molar refractivity (Wildman–Crippen MR) is 121 cm³/mol. The third-order valence-corrected chi connectivity index (χ3v) is 6.49. The molecule has 0 saturated carbocycles. The SMILES string of the molecule is Cc1ccc(S(=O)(=O)Nc2ccc(C(=O)NCc3ccc(Cl)cc3Cl)cc2C)cc1. The van der Waals surface area contributed by atoms with Gasteiger partial charge in [0.05, 0.1) is 10.6 Å². The smallest absolute Gasteiger partial charge is 0.261 e. The van der Waals surface area contributed by atoms with Crippen molar-refractivity contribution in [3.8, 4) is 0 Å². The van der Waals surface area contributed by atoms with Crippen molar-refractivity contribution in [2.24, 2.45) is 0 Å². The minimum atomic E-state index is -3.72. The molecule has 0 spiro atoms. The Labute approximate surface area is 186 Å². The summed E-state index contributed by atoms with van der Waals surface area (Å²) in [5.41, 5.74) is 3.17. The van der Waals surface area contributed by atoms with Gasteiger partial charge in [0.2, 0.25) is 0 Å². The summed E-state index contributed by atoms with van der Waals surface area (Å²) in [6.45, 7) is 3.87.